The maximum Gasteiger partial charge on any atom is 0.220 e. The largest absolute Gasteiger partial charge is 0.394 e. The summed E-state index contributed by atoms with van der Waals surface area (Å²) in [4.78, 5) is 12.2. The van der Waals surface area contributed by atoms with Crippen LogP contribution in [-0.2, 0) is 4.79 Å². The van der Waals surface area contributed by atoms with E-state index in [4.69, 9.17) is 0 Å². The van der Waals surface area contributed by atoms with Crippen LogP contribution in [0.1, 0.15) is 117 Å². The van der Waals surface area contributed by atoms with Crippen molar-refractivity contribution in [2.45, 2.75) is 129 Å². The van der Waals surface area contributed by atoms with Gasteiger partial charge in [-0.05, 0) is 57.8 Å². The van der Waals surface area contributed by atoms with Crippen molar-refractivity contribution in [3.8, 4) is 0 Å². The molecule has 0 aliphatic carbocycles. The normalized spacial score (nSPS) is 14.1. The third-order valence-corrected chi connectivity index (χ3v) is 5.77. The molecule has 2 atom stereocenters. The summed E-state index contributed by atoms with van der Waals surface area (Å²) in [5, 5.41) is 22.6. The first-order valence-corrected chi connectivity index (χ1v) is 13.9. The summed E-state index contributed by atoms with van der Waals surface area (Å²) in [7, 11) is 0. The molecule has 4 heteroatoms. The minimum atomic E-state index is -0.863. The average Bonchev–Trinajstić information content (AvgIpc) is 2.84. The number of unbranched alkanes of at least 4 members (excludes halogenated alkanes) is 10. The van der Waals surface area contributed by atoms with Crippen LogP contribution in [0, 0.1) is 0 Å². The van der Waals surface area contributed by atoms with Crippen molar-refractivity contribution in [2.24, 2.45) is 0 Å². The van der Waals surface area contributed by atoms with Gasteiger partial charge in [-0.15, -0.1) is 0 Å². The summed E-state index contributed by atoms with van der Waals surface area (Å²) in [6.45, 7) is 4.13. The second-order valence-electron chi connectivity index (χ2n) is 9.09. The summed E-state index contributed by atoms with van der Waals surface area (Å²) < 4.78 is 0. The van der Waals surface area contributed by atoms with Crippen molar-refractivity contribution in [3.05, 3.63) is 48.6 Å². The van der Waals surface area contributed by atoms with E-state index in [1.165, 1.54) is 44.9 Å². The van der Waals surface area contributed by atoms with Crippen LogP contribution in [0.3, 0.4) is 0 Å². The Balaban J connectivity index is 3.80. The van der Waals surface area contributed by atoms with Crippen LogP contribution in [0.15, 0.2) is 48.6 Å². The van der Waals surface area contributed by atoms with E-state index in [9.17, 15) is 15.0 Å². The van der Waals surface area contributed by atoms with Gasteiger partial charge in [-0.25, -0.2) is 0 Å². The number of hydrogen-bond donors (Lipinski definition) is 3. The van der Waals surface area contributed by atoms with E-state index in [0.29, 0.717) is 6.42 Å². The lowest BCUT2D eigenvalue weighted by Gasteiger charge is -2.19. The Morgan fingerprint density at radius 2 is 1.29 bits per heavy atom. The van der Waals surface area contributed by atoms with Crippen molar-refractivity contribution in [3.63, 3.8) is 0 Å². The molecule has 196 valence electrons. The van der Waals surface area contributed by atoms with E-state index >= 15 is 0 Å². The topological polar surface area (TPSA) is 69.6 Å². The third-order valence-electron chi connectivity index (χ3n) is 5.77. The Kier molecular flexibility index (Phi) is 24.7. The van der Waals surface area contributed by atoms with Crippen molar-refractivity contribution < 1.29 is 15.0 Å². The smallest absolute Gasteiger partial charge is 0.220 e. The lowest BCUT2D eigenvalue weighted by atomic mass is 10.1. The Hall–Kier alpha value is -1.65. The van der Waals surface area contributed by atoms with Gasteiger partial charge in [0, 0.05) is 6.42 Å². The maximum atomic E-state index is 12.2. The quantitative estimate of drug-likeness (QED) is 0.107. The zero-order chi connectivity index (χ0) is 25.1. The molecule has 0 saturated carbocycles. The van der Waals surface area contributed by atoms with Gasteiger partial charge in [0.15, 0.2) is 0 Å². The number of rotatable bonds is 23. The molecule has 0 fully saturated rings. The van der Waals surface area contributed by atoms with E-state index in [1.54, 1.807) is 6.08 Å². The summed E-state index contributed by atoms with van der Waals surface area (Å²) in [6, 6.07) is -0.642. The molecule has 3 N–H and O–H groups in total. The van der Waals surface area contributed by atoms with E-state index in [1.807, 2.05) is 6.08 Å². The number of allylic oxidation sites excluding steroid dienone is 7. The van der Waals surface area contributed by atoms with E-state index < -0.39 is 12.1 Å². The highest BCUT2D eigenvalue weighted by Gasteiger charge is 2.17. The Morgan fingerprint density at radius 3 is 2.00 bits per heavy atom. The molecule has 0 aromatic carbocycles. The SMILES string of the molecule is CCC/C=C\C/C=C\CCCCCCCC(=O)NC(CO)C(O)/C=C/CC/C=C/CCCCC. The van der Waals surface area contributed by atoms with Crippen LogP contribution in [0.5, 0.6) is 0 Å². The van der Waals surface area contributed by atoms with Crippen molar-refractivity contribution in [1.82, 2.24) is 5.32 Å². The molecule has 4 nitrogen and oxygen atoms in total. The Labute approximate surface area is 210 Å². The molecule has 0 rings (SSSR count). The van der Waals surface area contributed by atoms with E-state index in [-0.39, 0.29) is 12.5 Å². The third kappa shape index (κ3) is 22.2. The van der Waals surface area contributed by atoms with E-state index in [2.05, 4.69) is 55.6 Å². The van der Waals surface area contributed by atoms with Crippen LogP contribution >= 0.6 is 0 Å². The van der Waals surface area contributed by atoms with E-state index in [0.717, 1.165) is 51.4 Å². The molecule has 0 aromatic rings. The minimum Gasteiger partial charge on any atom is -0.394 e. The number of carbonyl (C=O) groups is 1. The summed E-state index contributed by atoms with van der Waals surface area (Å²) in [5.74, 6) is -0.0967. The molecule has 0 aliphatic heterocycles. The highest BCUT2D eigenvalue weighted by molar-refractivity contribution is 5.76. The lowest BCUT2D eigenvalue weighted by Crippen LogP contribution is -2.45. The predicted molar refractivity (Wildman–Crippen MR) is 147 cm³/mol. The van der Waals surface area contributed by atoms with Crippen molar-refractivity contribution in [1.29, 1.82) is 0 Å². The fourth-order valence-corrected chi connectivity index (χ4v) is 3.58. The van der Waals surface area contributed by atoms with Crippen LogP contribution in [0.25, 0.3) is 0 Å². The molecule has 0 radical (unpaired) electrons. The molecule has 34 heavy (non-hydrogen) atoms. The van der Waals surface area contributed by atoms with Gasteiger partial charge >= 0.3 is 0 Å². The monoisotopic (exact) mass is 475 g/mol. The number of carbonyl (C=O) groups excluding carboxylic acids is 1. The molecule has 0 heterocycles. The molecular formula is C30H53NO3. The fraction of sp³-hybridized carbons (Fsp3) is 0.700. The van der Waals surface area contributed by atoms with Gasteiger partial charge in [-0.1, -0.05) is 101 Å². The first-order chi connectivity index (χ1) is 16.7. The van der Waals surface area contributed by atoms with Crippen molar-refractivity contribution in [2.75, 3.05) is 6.61 Å². The Bertz CT molecular complexity index is 565. The summed E-state index contributed by atoms with van der Waals surface area (Å²) in [5.41, 5.74) is 0. The first kappa shape index (κ1) is 32.4. The first-order valence-electron chi connectivity index (χ1n) is 13.9. The number of hydrogen-bond acceptors (Lipinski definition) is 3. The van der Waals surface area contributed by atoms with Crippen LogP contribution < -0.4 is 5.32 Å². The van der Waals surface area contributed by atoms with Crippen LogP contribution in [0.4, 0.5) is 0 Å². The molecule has 0 spiro atoms. The zero-order valence-corrected chi connectivity index (χ0v) is 22.1. The van der Waals surface area contributed by atoms with Gasteiger partial charge in [-0.2, -0.15) is 0 Å². The fourth-order valence-electron chi connectivity index (χ4n) is 3.58. The minimum absolute atomic E-state index is 0.0967. The van der Waals surface area contributed by atoms with Gasteiger partial charge in [0.2, 0.25) is 5.91 Å². The van der Waals surface area contributed by atoms with Crippen LogP contribution in [-0.4, -0.2) is 34.9 Å². The standard InChI is InChI=1S/C30H53NO3/c1-3-5-7-9-11-13-14-15-16-18-20-22-24-26-30(34)31-28(27-32)29(33)25-23-21-19-17-12-10-8-6-4-2/h7,9,12-14,17,23,25,28-29,32-33H,3-6,8,10-11,15-16,18-22,24,26-27H2,1-2H3,(H,31,34)/b9-7-,14-13-,17-12+,25-23+. The predicted octanol–water partition coefficient (Wildman–Crippen LogP) is 7.33. The summed E-state index contributed by atoms with van der Waals surface area (Å²) in [6.07, 6.45) is 33.2. The number of nitrogens with one attached hydrogen (secondary N) is 1. The molecule has 0 aliphatic rings. The highest BCUT2D eigenvalue weighted by atomic mass is 16.3. The Morgan fingerprint density at radius 1 is 0.706 bits per heavy atom. The second-order valence-corrected chi connectivity index (χ2v) is 9.09. The van der Waals surface area contributed by atoms with Gasteiger partial charge < -0.3 is 15.5 Å². The highest BCUT2D eigenvalue weighted by Crippen LogP contribution is 2.09. The number of aliphatic hydroxyl groups excluding tert-OH is 2. The molecule has 2 unspecified atom stereocenters. The van der Waals surface area contributed by atoms with Crippen LogP contribution in [0.2, 0.25) is 0 Å². The molecular weight excluding hydrogens is 422 g/mol. The van der Waals surface area contributed by atoms with Gasteiger partial charge in [0.1, 0.15) is 0 Å². The molecule has 0 saturated heterocycles. The molecule has 0 bridgehead atoms. The number of amides is 1. The second kappa shape index (κ2) is 26.0. The maximum absolute atomic E-state index is 12.2. The van der Waals surface area contributed by atoms with Gasteiger partial charge in [0.25, 0.3) is 0 Å². The average molecular weight is 476 g/mol. The zero-order valence-electron chi connectivity index (χ0n) is 22.1. The molecule has 1 amide bonds. The summed E-state index contributed by atoms with van der Waals surface area (Å²) >= 11 is 0. The van der Waals surface area contributed by atoms with Gasteiger partial charge in [0.05, 0.1) is 18.8 Å². The number of aliphatic hydroxyl groups is 2. The lowest BCUT2D eigenvalue weighted by molar-refractivity contribution is -0.123. The molecule has 0 aromatic heterocycles. The van der Waals surface area contributed by atoms with Gasteiger partial charge in [-0.3, -0.25) is 4.79 Å². The van der Waals surface area contributed by atoms with Crippen molar-refractivity contribution >= 4 is 5.91 Å².